The first-order chi connectivity index (χ1) is 21.5. The Morgan fingerprint density at radius 3 is 2.33 bits per heavy atom. The van der Waals surface area contributed by atoms with E-state index in [2.05, 4.69) is 37.4 Å². The van der Waals surface area contributed by atoms with Crippen LogP contribution in [0.4, 0.5) is 10.2 Å². The quantitative estimate of drug-likeness (QED) is 0.172. The van der Waals surface area contributed by atoms with Crippen molar-refractivity contribution in [2.24, 2.45) is 11.3 Å². The Labute approximate surface area is 258 Å². The standard InChI is InChI=1S/C28H27FN6O9S/c1-30-25-21-26(34-16(33-25)6-4-13-3-5-15(29)45-13)35(12-32-21)22-14-11-28(14,27(42)31-2)24(44-20(41)10-8-18(38)39)23(22)43-19(40)9-7-17(36)37/h3,5,12,14,22-24H,7-11H2,1-2H3,(H,31,42)(H,36,37)(H,38,39)(H,30,33,34). The second kappa shape index (κ2) is 12.5. The lowest BCUT2D eigenvalue weighted by atomic mass is 9.97. The molecule has 5 atom stereocenters. The van der Waals surface area contributed by atoms with Gasteiger partial charge in [-0.1, -0.05) is 11.3 Å². The minimum Gasteiger partial charge on any atom is -0.481 e. The van der Waals surface area contributed by atoms with Gasteiger partial charge in [-0.2, -0.15) is 4.39 Å². The number of carboxylic acids is 2. The topological polar surface area (TPSA) is 212 Å². The van der Waals surface area contributed by atoms with Crippen molar-refractivity contribution in [1.82, 2.24) is 24.8 Å². The molecule has 3 aromatic heterocycles. The van der Waals surface area contributed by atoms with Gasteiger partial charge in [0.15, 0.2) is 34.3 Å². The number of thiophene rings is 1. The fourth-order valence-electron chi connectivity index (χ4n) is 5.73. The van der Waals surface area contributed by atoms with Gasteiger partial charge in [-0.15, -0.1) is 0 Å². The van der Waals surface area contributed by atoms with E-state index in [1.54, 1.807) is 11.6 Å². The number of nitrogens with one attached hydrogen (secondary N) is 2. The monoisotopic (exact) mass is 642 g/mol. The molecule has 236 valence electrons. The lowest BCUT2D eigenvalue weighted by molar-refractivity contribution is -0.175. The summed E-state index contributed by atoms with van der Waals surface area (Å²) in [6.45, 7) is 0. The number of hydrogen-bond donors (Lipinski definition) is 4. The average molecular weight is 643 g/mol. The van der Waals surface area contributed by atoms with Crippen molar-refractivity contribution in [2.75, 3.05) is 19.4 Å². The summed E-state index contributed by atoms with van der Waals surface area (Å²) in [4.78, 5) is 74.9. The summed E-state index contributed by atoms with van der Waals surface area (Å²) < 4.78 is 26.5. The van der Waals surface area contributed by atoms with Crippen LogP contribution in [-0.4, -0.2) is 85.8 Å². The Kier molecular flexibility index (Phi) is 8.68. The molecule has 45 heavy (non-hydrogen) atoms. The molecule has 0 aliphatic heterocycles. The molecule has 15 nitrogen and oxygen atoms in total. The summed E-state index contributed by atoms with van der Waals surface area (Å²) in [5.74, 6) is 0.650. The summed E-state index contributed by atoms with van der Waals surface area (Å²) in [5.41, 5.74) is -0.783. The van der Waals surface area contributed by atoms with Gasteiger partial charge < -0.3 is 34.9 Å². The van der Waals surface area contributed by atoms with E-state index in [0.717, 1.165) is 11.3 Å². The molecule has 0 saturated heterocycles. The number of nitrogens with zero attached hydrogens (tertiary/aromatic N) is 4. The van der Waals surface area contributed by atoms with Gasteiger partial charge in [0.25, 0.3) is 0 Å². The first-order valence-corrected chi connectivity index (χ1v) is 14.5. The maximum Gasteiger partial charge on any atom is 0.306 e. The summed E-state index contributed by atoms with van der Waals surface area (Å²) in [6.07, 6.45) is -3.03. The number of hydrogen-bond acceptors (Lipinski definition) is 12. The van der Waals surface area contributed by atoms with Crippen LogP contribution >= 0.6 is 11.3 Å². The van der Waals surface area contributed by atoms with Gasteiger partial charge in [-0.05, 0) is 30.4 Å². The average Bonchev–Trinajstić information content (AvgIpc) is 3.23. The number of fused-ring (bicyclic) bond motifs is 2. The van der Waals surface area contributed by atoms with E-state index in [0.29, 0.717) is 16.2 Å². The third kappa shape index (κ3) is 6.13. The van der Waals surface area contributed by atoms with Crippen molar-refractivity contribution >= 4 is 58.1 Å². The molecule has 0 aromatic carbocycles. The maximum atomic E-state index is 13.5. The number of rotatable bonds is 11. The lowest BCUT2D eigenvalue weighted by Gasteiger charge is -2.31. The van der Waals surface area contributed by atoms with Crippen molar-refractivity contribution in [3.05, 3.63) is 34.3 Å². The van der Waals surface area contributed by atoms with Crippen LogP contribution in [0, 0.1) is 28.3 Å². The number of anilines is 1. The first kappa shape index (κ1) is 31.3. The van der Waals surface area contributed by atoms with Crippen LogP contribution in [0.25, 0.3) is 11.2 Å². The molecule has 17 heteroatoms. The number of esters is 2. The zero-order chi connectivity index (χ0) is 32.5. The largest absolute Gasteiger partial charge is 0.481 e. The van der Waals surface area contributed by atoms with Crippen molar-refractivity contribution < 1.29 is 48.0 Å². The van der Waals surface area contributed by atoms with Crippen molar-refractivity contribution in [1.29, 1.82) is 0 Å². The van der Waals surface area contributed by atoms with E-state index in [4.69, 9.17) is 19.7 Å². The molecular weight excluding hydrogens is 615 g/mol. The van der Waals surface area contributed by atoms with Crippen LogP contribution in [0.3, 0.4) is 0 Å². The van der Waals surface area contributed by atoms with E-state index < -0.39 is 90.2 Å². The number of carbonyl (C=O) groups excluding carboxylic acids is 3. The number of carboxylic acid groups (broad SMARTS) is 2. The molecule has 2 fully saturated rings. The molecule has 0 spiro atoms. The Morgan fingerprint density at radius 1 is 1.04 bits per heavy atom. The number of imidazole rings is 1. The molecule has 3 aromatic rings. The second-order valence-electron chi connectivity index (χ2n) is 10.4. The smallest absolute Gasteiger partial charge is 0.306 e. The molecule has 2 aliphatic carbocycles. The molecule has 0 bridgehead atoms. The molecular formula is C28H27FN6O9S. The summed E-state index contributed by atoms with van der Waals surface area (Å²) in [6, 6.07) is 1.93. The highest BCUT2D eigenvalue weighted by atomic mass is 32.1. The Morgan fingerprint density at radius 2 is 1.73 bits per heavy atom. The minimum absolute atomic E-state index is 0.0559. The highest BCUT2D eigenvalue weighted by Crippen LogP contribution is 2.69. The highest BCUT2D eigenvalue weighted by Gasteiger charge is 2.78. The van der Waals surface area contributed by atoms with Crippen LogP contribution in [0.5, 0.6) is 0 Å². The molecule has 3 heterocycles. The molecule has 5 unspecified atom stereocenters. The first-order valence-electron chi connectivity index (χ1n) is 13.7. The van der Waals surface area contributed by atoms with Gasteiger partial charge in [0.2, 0.25) is 11.7 Å². The van der Waals surface area contributed by atoms with Crippen molar-refractivity contribution in [2.45, 2.75) is 50.4 Å². The zero-order valence-electron chi connectivity index (χ0n) is 23.9. The van der Waals surface area contributed by atoms with Gasteiger partial charge in [-0.3, -0.25) is 24.0 Å². The molecule has 4 N–H and O–H groups in total. The van der Waals surface area contributed by atoms with Crippen LogP contribution in [0.15, 0.2) is 18.5 Å². The number of aromatic nitrogens is 4. The SMILES string of the molecule is CNC(=O)C12CC1C(n1cnc3c(NC)nc(C#Cc4ccc(F)s4)nc31)C(OC(=O)CCC(=O)O)C2OC(=O)CCC(=O)O. The molecule has 1 amide bonds. The molecule has 0 radical (unpaired) electrons. The lowest BCUT2D eigenvalue weighted by Crippen LogP contribution is -2.46. The van der Waals surface area contributed by atoms with Crippen molar-refractivity contribution in [3.63, 3.8) is 0 Å². The third-order valence-corrected chi connectivity index (χ3v) is 8.52. The zero-order valence-corrected chi connectivity index (χ0v) is 24.7. The third-order valence-electron chi connectivity index (χ3n) is 7.73. The predicted molar refractivity (Wildman–Crippen MR) is 152 cm³/mol. The van der Waals surface area contributed by atoms with Gasteiger partial charge >= 0.3 is 23.9 Å². The molecule has 2 aliphatic rings. The fraction of sp³-hybridized carbons (Fsp3) is 0.429. The van der Waals surface area contributed by atoms with E-state index in [-0.39, 0.29) is 17.9 Å². The highest BCUT2D eigenvalue weighted by molar-refractivity contribution is 7.10. The van der Waals surface area contributed by atoms with Gasteiger partial charge in [0, 0.05) is 20.0 Å². The number of amides is 1. The fourth-order valence-corrected chi connectivity index (χ4v) is 6.32. The number of ether oxygens (including phenoxy) is 2. The van der Waals surface area contributed by atoms with E-state index in [1.165, 1.54) is 25.5 Å². The number of aliphatic carboxylic acids is 2. The van der Waals surface area contributed by atoms with Crippen LogP contribution < -0.4 is 10.6 Å². The summed E-state index contributed by atoms with van der Waals surface area (Å²) in [5, 5.41) is 23.2. The summed E-state index contributed by atoms with van der Waals surface area (Å²) >= 11 is 0.851. The normalized spacial score (nSPS) is 22.9. The van der Waals surface area contributed by atoms with Crippen LogP contribution in [-0.2, 0) is 33.4 Å². The minimum atomic E-state index is -1.34. The number of halogens is 1. The van der Waals surface area contributed by atoms with Crippen molar-refractivity contribution in [3.8, 4) is 11.8 Å². The Bertz CT molecular complexity index is 1760. The van der Waals surface area contributed by atoms with E-state index in [9.17, 15) is 28.4 Å². The maximum absolute atomic E-state index is 13.5. The van der Waals surface area contributed by atoms with Crippen LogP contribution in [0.1, 0.15) is 48.8 Å². The van der Waals surface area contributed by atoms with Gasteiger partial charge in [-0.25, -0.2) is 15.0 Å². The number of carbonyl (C=O) groups is 5. The van der Waals surface area contributed by atoms with Gasteiger partial charge in [0.1, 0.15) is 0 Å². The van der Waals surface area contributed by atoms with Crippen LogP contribution in [0.2, 0.25) is 0 Å². The summed E-state index contributed by atoms with van der Waals surface area (Å²) in [7, 11) is 3.01. The second-order valence-corrected chi connectivity index (χ2v) is 11.4. The molecule has 2 saturated carbocycles. The predicted octanol–water partition coefficient (Wildman–Crippen LogP) is 1.33. The van der Waals surface area contributed by atoms with Gasteiger partial charge in [0.05, 0.1) is 48.3 Å². The Hall–Kier alpha value is -5.11. The van der Waals surface area contributed by atoms with E-state index >= 15 is 0 Å². The molecule has 5 rings (SSSR count). The van der Waals surface area contributed by atoms with E-state index in [1.807, 2.05) is 0 Å². The Balaban J connectivity index is 1.59.